The maximum atomic E-state index is 12.6. The number of hydrogen-bond donors (Lipinski definition) is 1. The summed E-state index contributed by atoms with van der Waals surface area (Å²) in [5.41, 5.74) is 0.764. The summed E-state index contributed by atoms with van der Waals surface area (Å²) < 4.78 is 11.1. The molecule has 1 aromatic rings. The van der Waals surface area contributed by atoms with Crippen LogP contribution in [0.5, 0.6) is 0 Å². The van der Waals surface area contributed by atoms with Crippen molar-refractivity contribution in [3.63, 3.8) is 0 Å². The van der Waals surface area contributed by atoms with Crippen LogP contribution in [0.3, 0.4) is 0 Å². The molecule has 1 aromatic carbocycles. The number of nitro benzene ring substituents is 1. The van der Waals surface area contributed by atoms with Crippen LogP contribution in [-0.2, 0) is 9.47 Å². The maximum absolute atomic E-state index is 12.6. The van der Waals surface area contributed by atoms with E-state index < -0.39 is 4.92 Å². The number of morpholine rings is 1. The number of amides is 1. The second-order valence-corrected chi connectivity index (χ2v) is 7.51. The highest BCUT2D eigenvalue weighted by molar-refractivity contribution is 5.95. The van der Waals surface area contributed by atoms with E-state index in [1.807, 2.05) is 0 Å². The fourth-order valence-corrected chi connectivity index (χ4v) is 3.86. The first-order chi connectivity index (χ1) is 13.1. The Labute approximate surface area is 158 Å². The summed E-state index contributed by atoms with van der Waals surface area (Å²) in [6.45, 7) is 2.70. The molecular formula is C19H25N3O5. The van der Waals surface area contributed by atoms with Gasteiger partial charge in [0.05, 0.1) is 24.2 Å². The zero-order valence-corrected chi connectivity index (χ0v) is 15.3. The second kappa shape index (κ2) is 7.82. The molecule has 1 saturated carbocycles. The van der Waals surface area contributed by atoms with Crippen molar-refractivity contribution in [2.45, 2.75) is 37.8 Å². The normalized spacial score (nSPS) is 25.9. The highest BCUT2D eigenvalue weighted by Gasteiger charge is 2.36. The van der Waals surface area contributed by atoms with Crippen molar-refractivity contribution in [1.82, 2.24) is 4.90 Å². The lowest BCUT2D eigenvalue weighted by molar-refractivity contribution is -0.384. The quantitative estimate of drug-likeness (QED) is 0.627. The van der Waals surface area contributed by atoms with E-state index in [0.717, 1.165) is 12.8 Å². The number of anilines is 1. The minimum Gasteiger partial charge on any atom is -0.378 e. The van der Waals surface area contributed by atoms with Crippen LogP contribution in [0.25, 0.3) is 0 Å². The van der Waals surface area contributed by atoms with Crippen LogP contribution >= 0.6 is 0 Å². The molecule has 1 N–H and O–H groups in total. The fourth-order valence-electron chi connectivity index (χ4n) is 3.86. The van der Waals surface area contributed by atoms with Crippen LogP contribution in [0.15, 0.2) is 18.2 Å². The summed E-state index contributed by atoms with van der Waals surface area (Å²) in [6, 6.07) is 4.87. The number of carbonyl (C=O) groups is 1. The van der Waals surface area contributed by atoms with Crippen LogP contribution in [0.4, 0.5) is 11.4 Å². The summed E-state index contributed by atoms with van der Waals surface area (Å²) in [5, 5.41) is 14.9. The Hall–Kier alpha value is -2.19. The Bertz CT molecular complexity index is 715. The summed E-state index contributed by atoms with van der Waals surface area (Å²) in [4.78, 5) is 25.5. The predicted molar refractivity (Wildman–Crippen MR) is 98.9 cm³/mol. The van der Waals surface area contributed by atoms with Gasteiger partial charge in [0.15, 0.2) is 0 Å². The van der Waals surface area contributed by atoms with E-state index in [-0.39, 0.29) is 23.7 Å². The second-order valence-electron chi connectivity index (χ2n) is 7.51. The minimum absolute atomic E-state index is 0.0522. The highest BCUT2D eigenvalue weighted by Crippen LogP contribution is 2.39. The fraction of sp³-hybridized carbons (Fsp3) is 0.632. The van der Waals surface area contributed by atoms with Crippen LogP contribution < -0.4 is 5.32 Å². The zero-order chi connectivity index (χ0) is 18.8. The average molecular weight is 375 g/mol. The highest BCUT2D eigenvalue weighted by atomic mass is 16.6. The molecule has 0 radical (unpaired) electrons. The number of nitrogens with zero attached hydrogens (tertiary/aromatic N) is 2. The summed E-state index contributed by atoms with van der Waals surface area (Å²) in [6.07, 6.45) is 4.40. The van der Waals surface area contributed by atoms with Crippen molar-refractivity contribution in [1.29, 1.82) is 0 Å². The van der Waals surface area contributed by atoms with Crippen molar-refractivity contribution in [3.8, 4) is 0 Å². The molecule has 2 unspecified atom stereocenters. The molecular weight excluding hydrogens is 350 g/mol. The number of ether oxygens (including phenoxy) is 2. The predicted octanol–water partition coefficient (Wildman–Crippen LogP) is 2.44. The van der Waals surface area contributed by atoms with Gasteiger partial charge in [-0.25, -0.2) is 0 Å². The zero-order valence-electron chi connectivity index (χ0n) is 15.3. The lowest BCUT2D eigenvalue weighted by Crippen LogP contribution is -2.40. The van der Waals surface area contributed by atoms with Gasteiger partial charge in [0.1, 0.15) is 5.69 Å². The van der Waals surface area contributed by atoms with Gasteiger partial charge in [0.25, 0.3) is 11.6 Å². The Morgan fingerprint density at radius 2 is 1.96 bits per heavy atom. The molecule has 2 heterocycles. The number of carbonyl (C=O) groups excluding carboxylic acids is 1. The molecule has 0 spiro atoms. The van der Waals surface area contributed by atoms with Crippen LogP contribution in [0.1, 0.15) is 36.0 Å². The van der Waals surface area contributed by atoms with Gasteiger partial charge in [-0.05, 0) is 43.7 Å². The van der Waals surface area contributed by atoms with Gasteiger partial charge in [-0.2, -0.15) is 0 Å². The van der Waals surface area contributed by atoms with Gasteiger partial charge in [0, 0.05) is 37.4 Å². The summed E-state index contributed by atoms with van der Waals surface area (Å²) in [7, 11) is 0. The summed E-state index contributed by atoms with van der Waals surface area (Å²) >= 11 is 0. The van der Waals surface area contributed by atoms with Gasteiger partial charge in [-0.15, -0.1) is 0 Å². The molecule has 2 aliphatic heterocycles. The number of benzene rings is 1. The molecule has 2 saturated heterocycles. The Balaban J connectivity index is 1.48. The Morgan fingerprint density at radius 3 is 2.67 bits per heavy atom. The minimum atomic E-state index is -0.421. The molecule has 0 aromatic heterocycles. The molecule has 146 valence electrons. The molecule has 3 fully saturated rings. The first kappa shape index (κ1) is 18.2. The monoisotopic (exact) mass is 375 g/mol. The van der Waals surface area contributed by atoms with Crippen LogP contribution in [0, 0.1) is 16.0 Å². The first-order valence-electron chi connectivity index (χ1n) is 9.65. The molecule has 4 rings (SSSR count). The molecule has 27 heavy (non-hydrogen) atoms. The van der Waals surface area contributed by atoms with E-state index in [1.165, 1.54) is 18.9 Å². The third-order valence-corrected chi connectivity index (χ3v) is 5.56. The Kier molecular flexibility index (Phi) is 5.27. The number of rotatable bonds is 5. The average Bonchev–Trinajstić information content (AvgIpc) is 3.54. The third-order valence-electron chi connectivity index (χ3n) is 5.56. The smallest absolute Gasteiger partial charge is 0.293 e. The third kappa shape index (κ3) is 4.22. The van der Waals surface area contributed by atoms with Crippen molar-refractivity contribution in [3.05, 3.63) is 33.9 Å². The van der Waals surface area contributed by atoms with E-state index in [9.17, 15) is 14.9 Å². The van der Waals surface area contributed by atoms with E-state index in [4.69, 9.17) is 9.47 Å². The maximum Gasteiger partial charge on any atom is 0.293 e. The van der Waals surface area contributed by atoms with Gasteiger partial charge in [-0.3, -0.25) is 14.9 Å². The molecule has 1 aliphatic carbocycles. The lowest BCUT2D eigenvalue weighted by Gasteiger charge is -2.31. The van der Waals surface area contributed by atoms with Crippen molar-refractivity contribution in [2.24, 2.45) is 5.92 Å². The SMILES string of the molecule is O=C(c1ccc(NC2CCOC(C3CC3)C2)c([N+](=O)[O-])c1)N1CCOCC1. The van der Waals surface area contributed by atoms with E-state index >= 15 is 0 Å². The molecule has 3 aliphatic rings. The number of nitrogens with one attached hydrogen (secondary N) is 1. The molecule has 8 heteroatoms. The van der Waals surface area contributed by atoms with E-state index in [0.29, 0.717) is 50.1 Å². The molecule has 2 atom stereocenters. The van der Waals surface area contributed by atoms with Crippen molar-refractivity contribution >= 4 is 17.3 Å². The van der Waals surface area contributed by atoms with Gasteiger partial charge >= 0.3 is 0 Å². The van der Waals surface area contributed by atoms with Crippen molar-refractivity contribution in [2.75, 3.05) is 38.2 Å². The molecule has 1 amide bonds. The van der Waals surface area contributed by atoms with E-state index in [1.54, 1.807) is 17.0 Å². The number of nitro groups is 1. The van der Waals surface area contributed by atoms with Gasteiger partial charge < -0.3 is 19.7 Å². The topological polar surface area (TPSA) is 93.9 Å². The van der Waals surface area contributed by atoms with Gasteiger partial charge in [-0.1, -0.05) is 0 Å². The van der Waals surface area contributed by atoms with Crippen molar-refractivity contribution < 1.29 is 19.2 Å². The first-order valence-corrected chi connectivity index (χ1v) is 9.65. The van der Waals surface area contributed by atoms with Gasteiger partial charge in [0.2, 0.25) is 0 Å². The standard InChI is InChI=1S/C19H25N3O5/c23-19(21-6-9-26-10-7-21)14-3-4-16(17(11-14)22(24)25)20-15-5-8-27-18(12-15)13-1-2-13/h3-4,11,13,15,18,20H,1-2,5-10,12H2. The Morgan fingerprint density at radius 1 is 1.19 bits per heavy atom. The molecule has 0 bridgehead atoms. The van der Waals surface area contributed by atoms with E-state index in [2.05, 4.69) is 5.32 Å². The summed E-state index contributed by atoms with van der Waals surface area (Å²) in [5.74, 6) is 0.464. The van der Waals surface area contributed by atoms with Crippen LogP contribution in [0.2, 0.25) is 0 Å². The largest absolute Gasteiger partial charge is 0.378 e. The lowest BCUT2D eigenvalue weighted by atomic mass is 9.99. The molecule has 8 nitrogen and oxygen atoms in total. The van der Waals surface area contributed by atoms with Crippen LogP contribution in [-0.4, -0.2) is 60.8 Å². The number of hydrogen-bond acceptors (Lipinski definition) is 6.